The molecule has 0 saturated carbocycles. The van der Waals surface area contributed by atoms with Crippen molar-refractivity contribution in [1.29, 1.82) is 0 Å². The highest BCUT2D eigenvalue weighted by Crippen LogP contribution is 2.15. The first-order chi connectivity index (χ1) is 9.80. The van der Waals surface area contributed by atoms with Crippen LogP contribution >= 0.6 is 0 Å². The Morgan fingerprint density at radius 1 is 1.19 bits per heavy atom. The van der Waals surface area contributed by atoms with E-state index in [4.69, 9.17) is 0 Å². The second kappa shape index (κ2) is 8.74. The van der Waals surface area contributed by atoms with Crippen molar-refractivity contribution in [1.82, 2.24) is 15.1 Å². The van der Waals surface area contributed by atoms with Crippen LogP contribution in [-0.4, -0.2) is 62.0 Å². The number of likely N-dealkylation sites (tertiary alicyclic amines) is 1. The number of carbonyl (C=O) groups excluding carboxylic acids is 1. The van der Waals surface area contributed by atoms with Gasteiger partial charge in [0.1, 0.15) is 0 Å². The fraction of sp³-hybridized carbons (Fsp3) is 0.941. The lowest BCUT2D eigenvalue weighted by atomic mass is 9.96. The Bertz CT molecular complexity index is 304. The molecule has 1 rings (SSSR count). The minimum atomic E-state index is -0.269. The van der Waals surface area contributed by atoms with Gasteiger partial charge in [-0.1, -0.05) is 27.2 Å². The predicted molar refractivity (Wildman–Crippen MR) is 89.5 cm³/mol. The molecular formula is C17H35N3O. The van der Waals surface area contributed by atoms with Crippen molar-refractivity contribution in [3.8, 4) is 0 Å². The van der Waals surface area contributed by atoms with E-state index in [1.54, 1.807) is 0 Å². The molecule has 0 radical (unpaired) electrons. The minimum absolute atomic E-state index is 0.158. The van der Waals surface area contributed by atoms with E-state index in [0.717, 1.165) is 19.0 Å². The largest absolute Gasteiger partial charge is 0.356 e. The SMILES string of the molecule is CN1CCC(N(C)CCCCCNC(=O)C(C)(C)C)CC1. The van der Waals surface area contributed by atoms with Crippen LogP contribution in [0.5, 0.6) is 0 Å². The zero-order valence-electron chi connectivity index (χ0n) is 14.7. The highest BCUT2D eigenvalue weighted by atomic mass is 16.2. The molecule has 1 aliphatic heterocycles. The molecule has 0 aromatic rings. The first-order valence-corrected chi connectivity index (χ1v) is 8.48. The molecule has 0 bridgehead atoms. The van der Waals surface area contributed by atoms with Gasteiger partial charge in [-0.2, -0.15) is 0 Å². The third-order valence-electron chi connectivity index (χ3n) is 4.47. The van der Waals surface area contributed by atoms with Gasteiger partial charge in [-0.3, -0.25) is 4.79 Å². The van der Waals surface area contributed by atoms with Crippen LogP contribution in [0.25, 0.3) is 0 Å². The van der Waals surface area contributed by atoms with E-state index in [-0.39, 0.29) is 11.3 Å². The lowest BCUT2D eigenvalue weighted by Crippen LogP contribution is -2.42. The summed E-state index contributed by atoms with van der Waals surface area (Å²) in [7, 11) is 4.47. The summed E-state index contributed by atoms with van der Waals surface area (Å²) in [4.78, 5) is 16.7. The molecule has 124 valence electrons. The molecule has 0 aliphatic carbocycles. The van der Waals surface area contributed by atoms with Gasteiger partial charge in [0.25, 0.3) is 0 Å². The number of carbonyl (C=O) groups is 1. The zero-order valence-corrected chi connectivity index (χ0v) is 14.7. The molecule has 1 amide bonds. The van der Waals surface area contributed by atoms with Crippen molar-refractivity contribution < 1.29 is 4.79 Å². The van der Waals surface area contributed by atoms with Crippen LogP contribution in [0.1, 0.15) is 52.9 Å². The van der Waals surface area contributed by atoms with Crippen LogP contribution in [0.4, 0.5) is 0 Å². The van der Waals surface area contributed by atoms with E-state index in [9.17, 15) is 4.79 Å². The maximum Gasteiger partial charge on any atom is 0.225 e. The topological polar surface area (TPSA) is 35.6 Å². The highest BCUT2D eigenvalue weighted by Gasteiger charge is 2.21. The van der Waals surface area contributed by atoms with E-state index < -0.39 is 0 Å². The van der Waals surface area contributed by atoms with Gasteiger partial charge in [-0.05, 0) is 59.4 Å². The summed E-state index contributed by atoms with van der Waals surface area (Å²) in [6.45, 7) is 10.3. The third kappa shape index (κ3) is 7.28. The van der Waals surface area contributed by atoms with Crippen molar-refractivity contribution in [3.63, 3.8) is 0 Å². The second-order valence-corrected chi connectivity index (χ2v) is 7.58. The Hall–Kier alpha value is -0.610. The Morgan fingerprint density at radius 3 is 2.38 bits per heavy atom. The second-order valence-electron chi connectivity index (χ2n) is 7.58. The molecule has 1 N–H and O–H groups in total. The van der Waals surface area contributed by atoms with Crippen LogP contribution < -0.4 is 5.32 Å². The standard InChI is InChI=1S/C17H35N3O/c1-17(2,3)16(21)18-11-7-6-8-12-20(5)15-9-13-19(4)14-10-15/h15H,6-14H2,1-5H3,(H,18,21). The molecule has 1 heterocycles. The fourth-order valence-corrected chi connectivity index (χ4v) is 2.75. The lowest BCUT2D eigenvalue weighted by Gasteiger charge is -2.35. The van der Waals surface area contributed by atoms with E-state index in [2.05, 4.69) is 29.2 Å². The molecule has 0 aromatic heterocycles. The number of hydrogen-bond donors (Lipinski definition) is 1. The first-order valence-electron chi connectivity index (χ1n) is 8.48. The van der Waals surface area contributed by atoms with Gasteiger partial charge in [0.2, 0.25) is 5.91 Å². The van der Waals surface area contributed by atoms with Crippen LogP contribution in [0.15, 0.2) is 0 Å². The molecule has 1 saturated heterocycles. The van der Waals surface area contributed by atoms with Gasteiger partial charge in [0.15, 0.2) is 0 Å². The number of rotatable bonds is 7. The van der Waals surface area contributed by atoms with E-state index in [1.165, 1.54) is 45.3 Å². The third-order valence-corrected chi connectivity index (χ3v) is 4.47. The van der Waals surface area contributed by atoms with Crippen molar-refractivity contribution in [3.05, 3.63) is 0 Å². The average molecular weight is 297 g/mol. The summed E-state index contributed by atoms with van der Waals surface area (Å²) < 4.78 is 0. The quantitative estimate of drug-likeness (QED) is 0.733. The monoisotopic (exact) mass is 297 g/mol. The summed E-state index contributed by atoms with van der Waals surface area (Å²) in [5.74, 6) is 0.158. The summed E-state index contributed by atoms with van der Waals surface area (Å²) in [6, 6.07) is 0.766. The molecule has 0 aromatic carbocycles. The number of amides is 1. The number of piperidine rings is 1. The van der Waals surface area contributed by atoms with Crippen molar-refractivity contribution in [2.45, 2.75) is 58.9 Å². The van der Waals surface area contributed by atoms with Gasteiger partial charge in [-0.25, -0.2) is 0 Å². The number of nitrogens with zero attached hydrogens (tertiary/aromatic N) is 2. The maximum atomic E-state index is 11.7. The van der Waals surface area contributed by atoms with Crippen molar-refractivity contribution in [2.24, 2.45) is 5.41 Å². The summed E-state index contributed by atoms with van der Waals surface area (Å²) in [5.41, 5.74) is -0.269. The Kier molecular flexibility index (Phi) is 7.67. The van der Waals surface area contributed by atoms with Gasteiger partial charge >= 0.3 is 0 Å². The fourth-order valence-electron chi connectivity index (χ4n) is 2.75. The van der Waals surface area contributed by atoms with E-state index >= 15 is 0 Å². The maximum absolute atomic E-state index is 11.7. The van der Waals surface area contributed by atoms with Crippen molar-refractivity contribution in [2.75, 3.05) is 40.3 Å². The minimum Gasteiger partial charge on any atom is -0.356 e. The molecule has 1 aliphatic rings. The summed E-state index contributed by atoms with van der Waals surface area (Å²) in [5, 5.41) is 3.02. The normalized spacial score (nSPS) is 18.2. The Morgan fingerprint density at radius 2 is 1.81 bits per heavy atom. The van der Waals surface area contributed by atoms with Gasteiger partial charge < -0.3 is 15.1 Å². The molecule has 0 atom stereocenters. The average Bonchev–Trinajstić information content (AvgIpc) is 2.41. The van der Waals surface area contributed by atoms with Crippen LogP contribution in [-0.2, 0) is 4.79 Å². The molecular weight excluding hydrogens is 262 g/mol. The van der Waals surface area contributed by atoms with E-state index in [0.29, 0.717) is 0 Å². The van der Waals surface area contributed by atoms with Gasteiger partial charge in [0, 0.05) is 18.0 Å². The number of hydrogen-bond acceptors (Lipinski definition) is 3. The number of nitrogens with one attached hydrogen (secondary N) is 1. The molecule has 1 fully saturated rings. The highest BCUT2D eigenvalue weighted by molar-refractivity contribution is 5.81. The smallest absolute Gasteiger partial charge is 0.225 e. The molecule has 0 unspecified atom stereocenters. The Balaban J connectivity index is 2.02. The lowest BCUT2D eigenvalue weighted by molar-refractivity contribution is -0.128. The first kappa shape index (κ1) is 18.4. The molecule has 4 nitrogen and oxygen atoms in total. The summed E-state index contributed by atoms with van der Waals surface area (Å²) >= 11 is 0. The number of unbranched alkanes of at least 4 members (excludes halogenated alkanes) is 2. The van der Waals surface area contributed by atoms with Crippen LogP contribution in [0.2, 0.25) is 0 Å². The Labute approximate surface area is 131 Å². The van der Waals surface area contributed by atoms with Crippen molar-refractivity contribution >= 4 is 5.91 Å². The molecule has 4 heteroatoms. The predicted octanol–water partition coefficient (Wildman–Crippen LogP) is 2.34. The van der Waals surface area contributed by atoms with Crippen LogP contribution in [0.3, 0.4) is 0 Å². The van der Waals surface area contributed by atoms with Crippen LogP contribution in [0, 0.1) is 5.41 Å². The molecule has 0 spiro atoms. The summed E-state index contributed by atoms with van der Waals surface area (Å²) in [6.07, 6.45) is 6.11. The van der Waals surface area contributed by atoms with Gasteiger partial charge in [-0.15, -0.1) is 0 Å². The van der Waals surface area contributed by atoms with E-state index in [1.807, 2.05) is 20.8 Å². The van der Waals surface area contributed by atoms with Gasteiger partial charge in [0.05, 0.1) is 0 Å². The zero-order chi connectivity index (χ0) is 15.9. The molecule has 21 heavy (non-hydrogen) atoms.